The molecular formula is C13H17F2N3. The molecule has 0 aliphatic heterocycles. The third kappa shape index (κ3) is 3.06. The number of nitrogens with zero attached hydrogens (tertiary/aromatic N) is 2. The summed E-state index contributed by atoms with van der Waals surface area (Å²) in [5.74, 6) is -1.17. The summed E-state index contributed by atoms with van der Waals surface area (Å²) in [6, 6.07) is 3.17. The quantitative estimate of drug-likeness (QED) is 0.891. The van der Waals surface area contributed by atoms with Gasteiger partial charge in [-0.05, 0) is 13.0 Å². The van der Waals surface area contributed by atoms with E-state index in [4.69, 9.17) is 5.73 Å². The highest BCUT2D eigenvalue weighted by molar-refractivity contribution is 5.32. The van der Waals surface area contributed by atoms with Gasteiger partial charge in [-0.25, -0.2) is 8.78 Å². The summed E-state index contributed by atoms with van der Waals surface area (Å²) >= 11 is 0. The van der Waals surface area contributed by atoms with Crippen molar-refractivity contribution in [3.8, 4) is 0 Å². The molecule has 1 atom stereocenters. The van der Waals surface area contributed by atoms with E-state index >= 15 is 0 Å². The molecule has 5 heteroatoms. The molecule has 0 saturated heterocycles. The molecule has 0 amide bonds. The first-order valence-corrected chi connectivity index (χ1v) is 5.82. The second kappa shape index (κ2) is 6.14. The van der Waals surface area contributed by atoms with Gasteiger partial charge in [-0.1, -0.05) is 19.9 Å². The normalized spacial score (nSPS) is 11.6. The first-order chi connectivity index (χ1) is 8.58. The smallest absolute Gasteiger partial charge is 0.131 e. The molecule has 3 nitrogen and oxygen atoms in total. The van der Waals surface area contributed by atoms with Crippen molar-refractivity contribution in [3.05, 3.63) is 47.8 Å². The molecule has 2 aromatic rings. The fraction of sp³-hybridized carbons (Fsp3) is 0.308. The number of rotatable bonds is 2. The van der Waals surface area contributed by atoms with E-state index < -0.39 is 11.6 Å². The van der Waals surface area contributed by atoms with Crippen molar-refractivity contribution in [1.82, 2.24) is 9.78 Å². The van der Waals surface area contributed by atoms with Crippen molar-refractivity contribution in [2.75, 3.05) is 5.73 Å². The molecule has 1 unspecified atom stereocenters. The van der Waals surface area contributed by atoms with Gasteiger partial charge in [-0.2, -0.15) is 5.10 Å². The molecule has 1 aromatic heterocycles. The standard InChI is InChI=1S/C11H11F2N3.C2H6/c1-7(16-6-9(14)5-15-16)10-3-2-8(12)4-11(10)13;1-2/h2-7H,14H2,1H3;1-2H3. The summed E-state index contributed by atoms with van der Waals surface area (Å²) in [6.07, 6.45) is 3.09. The minimum absolute atomic E-state index is 0.321. The van der Waals surface area contributed by atoms with Crippen molar-refractivity contribution >= 4 is 5.69 Å². The Morgan fingerprint density at radius 1 is 1.28 bits per heavy atom. The van der Waals surface area contributed by atoms with E-state index in [0.717, 1.165) is 6.07 Å². The third-order valence-corrected chi connectivity index (χ3v) is 2.43. The average molecular weight is 253 g/mol. The van der Waals surface area contributed by atoms with E-state index in [0.29, 0.717) is 11.3 Å². The fourth-order valence-corrected chi connectivity index (χ4v) is 1.55. The van der Waals surface area contributed by atoms with Crippen LogP contribution in [0.25, 0.3) is 0 Å². The molecule has 2 N–H and O–H groups in total. The minimum atomic E-state index is -0.589. The SMILES string of the molecule is CC.CC(c1ccc(F)cc1F)n1cc(N)cn1. The monoisotopic (exact) mass is 253 g/mol. The van der Waals surface area contributed by atoms with E-state index in [-0.39, 0.29) is 6.04 Å². The molecule has 1 heterocycles. The topological polar surface area (TPSA) is 43.8 Å². The maximum absolute atomic E-state index is 13.5. The molecule has 0 bridgehead atoms. The number of nitrogens with two attached hydrogens (primary N) is 1. The van der Waals surface area contributed by atoms with Gasteiger partial charge in [0, 0.05) is 17.8 Å². The molecule has 0 aliphatic carbocycles. The van der Waals surface area contributed by atoms with Crippen LogP contribution in [0, 0.1) is 11.6 Å². The van der Waals surface area contributed by atoms with Crippen LogP contribution < -0.4 is 5.73 Å². The average Bonchev–Trinajstić information content (AvgIpc) is 2.78. The second-order valence-corrected chi connectivity index (χ2v) is 3.60. The molecule has 0 fully saturated rings. The Morgan fingerprint density at radius 3 is 2.44 bits per heavy atom. The van der Waals surface area contributed by atoms with Crippen molar-refractivity contribution in [1.29, 1.82) is 0 Å². The van der Waals surface area contributed by atoms with E-state index in [1.54, 1.807) is 13.1 Å². The predicted octanol–water partition coefficient (Wildman–Crippen LogP) is 3.38. The molecule has 98 valence electrons. The Bertz CT molecular complexity index is 509. The highest BCUT2D eigenvalue weighted by Crippen LogP contribution is 2.21. The van der Waals surface area contributed by atoms with Crippen LogP contribution in [0.5, 0.6) is 0 Å². The summed E-state index contributed by atoms with van der Waals surface area (Å²) in [5, 5.41) is 3.99. The van der Waals surface area contributed by atoms with Crippen LogP contribution in [0.1, 0.15) is 32.4 Å². The number of halogens is 2. The minimum Gasteiger partial charge on any atom is -0.396 e. The molecule has 0 radical (unpaired) electrons. The van der Waals surface area contributed by atoms with Crippen LogP contribution in [-0.2, 0) is 0 Å². The largest absolute Gasteiger partial charge is 0.396 e. The molecule has 1 aromatic carbocycles. The summed E-state index contributed by atoms with van der Waals surface area (Å²) in [4.78, 5) is 0. The molecular weight excluding hydrogens is 236 g/mol. The van der Waals surface area contributed by atoms with Gasteiger partial charge in [-0.3, -0.25) is 4.68 Å². The summed E-state index contributed by atoms with van der Waals surface area (Å²) < 4.78 is 27.7. The van der Waals surface area contributed by atoms with Crippen molar-refractivity contribution in [2.45, 2.75) is 26.8 Å². The van der Waals surface area contributed by atoms with Crippen LogP contribution in [0.2, 0.25) is 0 Å². The van der Waals surface area contributed by atoms with Crippen LogP contribution >= 0.6 is 0 Å². The first kappa shape index (κ1) is 14.2. The number of hydrogen-bond acceptors (Lipinski definition) is 2. The lowest BCUT2D eigenvalue weighted by Crippen LogP contribution is -2.09. The van der Waals surface area contributed by atoms with Crippen LogP contribution in [0.3, 0.4) is 0 Å². The Morgan fingerprint density at radius 2 is 1.94 bits per heavy atom. The van der Waals surface area contributed by atoms with E-state index in [1.807, 2.05) is 13.8 Å². The van der Waals surface area contributed by atoms with E-state index in [1.165, 1.54) is 23.0 Å². The number of anilines is 1. The van der Waals surface area contributed by atoms with Gasteiger partial charge in [0.05, 0.1) is 17.9 Å². The fourth-order valence-electron chi connectivity index (χ4n) is 1.55. The van der Waals surface area contributed by atoms with Gasteiger partial charge in [0.15, 0.2) is 0 Å². The van der Waals surface area contributed by atoms with Crippen LogP contribution in [-0.4, -0.2) is 9.78 Å². The van der Waals surface area contributed by atoms with Gasteiger partial charge >= 0.3 is 0 Å². The highest BCUT2D eigenvalue weighted by Gasteiger charge is 2.13. The number of nitrogen functional groups attached to an aromatic ring is 1. The predicted molar refractivity (Wildman–Crippen MR) is 68.2 cm³/mol. The number of hydrogen-bond donors (Lipinski definition) is 1. The van der Waals surface area contributed by atoms with Crippen LogP contribution in [0.15, 0.2) is 30.6 Å². The molecule has 0 spiro atoms. The lowest BCUT2D eigenvalue weighted by atomic mass is 10.1. The Labute approximate surface area is 105 Å². The van der Waals surface area contributed by atoms with Gasteiger partial charge < -0.3 is 5.73 Å². The Kier molecular flexibility index (Phi) is 4.83. The Balaban J connectivity index is 0.000000771. The van der Waals surface area contributed by atoms with Gasteiger partial charge in [0.25, 0.3) is 0 Å². The van der Waals surface area contributed by atoms with Gasteiger partial charge in [-0.15, -0.1) is 0 Å². The maximum atomic E-state index is 13.5. The Hall–Kier alpha value is -1.91. The van der Waals surface area contributed by atoms with Gasteiger partial charge in [0.1, 0.15) is 11.6 Å². The second-order valence-electron chi connectivity index (χ2n) is 3.60. The summed E-state index contributed by atoms with van der Waals surface area (Å²) in [6.45, 7) is 5.77. The first-order valence-electron chi connectivity index (χ1n) is 5.82. The zero-order chi connectivity index (χ0) is 13.7. The lowest BCUT2D eigenvalue weighted by molar-refractivity contribution is 0.512. The maximum Gasteiger partial charge on any atom is 0.131 e. The molecule has 18 heavy (non-hydrogen) atoms. The van der Waals surface area contributed by atoms with Crippen LogP contribution in [0.4, 0.5) is 14.5 Å². The summed E-state index contributed by atoms with van der Waals surface area (Å²) in [5.41, 5.74) is 6.41. The molecule has 2 rings (SSSR count). The summed E-state index contributed by atoms with van der Waals surface area (Å²) in [7, 11) is 0. The number of aromatic nitrogens is 2. The number of benzene rings is 1. The molecule has 0 aliphatic rings. The highest BCUT2D eigenvalue weighted by atomic mass is 19.1. The van der Waals surface area contributed by atoms with Crippen molar-refractivity contribution in [3.63, 3.8) is 0 Å². The third-order valence-electron chi connectivity index (χ3n) is 2.43. The van der Waals surface area contributed by atoms with E-state index in [2.05, 4.69) is 5.10 Å². The van der Waals surface area contributed by atoms with Gasteiger partial charge in [0.2, 0.25) is 0 Å². The van der Waals surface area contributed by atoms with E-state index in [9.17, 15) is 8.78 Å². The zero-order valence-corrected chi connectivity index (χ0v) is 10.7. The van der Waals surface area contributed by atoms with Crippen molar-refractivity contribution < 1.29 is 8.78 Å². The molecule has 0 saturated carbocycles. The zero-order valence-electron chi connectivity index (χ0n) is 10.7. The van der Waals surface area contributed by atoms with Crippen molar-refractivity contribution in [2.24, 2.45) is 0 Å². The lowest BCUT2D eigenvalue weighted by Gasteiger charge is -2.13.